The summed E-state index contributed by atoms with van der Waals surface area (Å²) in [6.45, 7) is 6.47. The first-order chi connectivity index (χ1) is 7.69. The highest BCUT2D eigenvalue weighted by molar-refractivity contribution is 5.24. The molecule has 1 aromatic carbocycles. The lowest BCUT2D eigenvalue weighted by Crippen LogP contribution is -2.08. The summed E-state index contributed by atoms with van der Waals surface area (Å²) in [5, 5.41) is 10.1. The topological polar surface area (TPSA) is 20.2 Å². The molecule has 0 radical (unpaired) electrons. The van der Waals surface area contributed by atoms with Crippen LogP contribution < -0.4 is 0 Å². The minimum atomic E-state index is -0.310. The molecule has 0 amide bonds. The van der Waals surface area contributed by atoms with Crippen molar-refractivity contribution in [3.8, 4) is 0 Å². The smallest absolute Gasteiger partial charge is 0.0815 e. The van der Waals surface area contributed by atoms with E-state index in [1.54, 1.807) is 0 Å². The third-order valence-electron chi connectivity index (χ3n) is 3.14. The van der Waals surface area contributed by atoms with Crippen molar-refractivity contribution in [2.24, 2.45) is 5.92 Å². The first kappa shape index (κ1) is 13.2. The molecule has 1 N–H and O–H groups in total. The highest BCUT2D eigenvalue weighted by Crippen LogP contribution is 2.25. The molecule has 0 spiro atoms. The van der Waals surface area contributed by atoms with Gasteiger partial charge in [0.2, 0.25) is 0 Å². The van der Waals surface area contributed by atoms with E-state index in [4.69, 9.17) is 0 Å². The summed E-state index contributed by atoms with van der Waals surface area (Å²) in [5.41, 5.74) is 2.42. The van der Waals surface area contributed by atoms with Crippen LogP contribution in [0, 0.1) is 5.92 Å². The van der Waals surface area contributed by atoms with E-state index in [-0.39, 0.29) is 6.10 Å². The molecule has 0 aliphatic heterocycles. The first-order valence-corrected chi connectivity index (χ1v) is 6.45. The van der Waals surface area contributed by atoms with E-state index in [0.29, 0.717) is 5.92 Å². The molecule has 1 aromatic rings. The fourth-order valence-electron chi connectivity index (χ4n) is 2.11. The molecule has 1 heteroatoms. The third-order valence-corrected chi connectivity index (χ3v) is 3.14. The maximum absolute atomic E-state index is 10.1. The lowest BCUT2D eigenvalue weighted by Gasteiger charge is -2.18. The predicted octanol–water partition coefficient (Wildman–Crippen LogP) is 4.11. The molecule has 0 aliphatic carbocycles. The van der Waals surface area contributed by atoms with E-state index in [1.165, 1.54) is 12.0 Å². The van der Waals surface area contributed by atoms with Gasteiger partial charge >= 0.3 is 0 Å². The van der Waals surface area contributed by atoms with E-state index in [0.717, 1.165) is 24.8 Å². The Morgan fingerprint density at radius 2 is 1.69 bits per heavy atom. The number of rotatable bonds is 6. The van der Waals surface area contributed by atoms with Gasteiger partial charge < -0.3 is 5.11 Å². The van der Waals surface area contributed by atoms with Crippen molar-refractivity contribution >= 4 is 0 Å². The van der Waals surface area contributed by atoms with Gasteiger partial charge in [-0.15, -0.1) is 0 Å². The Morgan fingerprint density at radius 1 is 1.06 bits per heavy atom. The van der Waals surface area contributed by atoms with Crippen molar-refractivity contribution in [1.82, 2.24) is 0 Å². The molecule has 1 nitrogen and oxygen atoms in total. The van der Waals surface area contributed by atoms with Crippen LogP contribution in [0.4, 0.5) is 0 Å². The average molecular weight is 220 g/mol. The Hall–Kier alpha value is -0.820. The number of benzene rings is 1. The van der Waals surface area contributed by atoms with Gasteiger partial charge in [-0.1, -0.05) is 57.9 Å². The van der Waals surface area contributed by atoms with Crippen molar-refractivity contribution in [2.45, 2.75) is 52.6 Å². The van der Waals surface area contributed by atoms with Gasteiger partial charge in [0.15, 0.2) is 0 Å². The Morgan fingerprint density at radius 3 is 2.19 bits per heavy atom. The van der Waals surface area contributed by atoms with Gasteiger partial charge in [-0.2, -0.15) is 0 Å². The molecular formula is C15H24O. The van der Waals surface area contributed by atoms with Crippen LogP contribution in [0.2, 0.25) is 0 Å². The van der Waals surface area contributed by atoms with Crippen molar-refractivity contribution in [3.63, 3.8) is 0 Å². The Bertz CT molecular complexity index is 289. The lowest BCUT2D eigenvalue weighted by molar-refractivity contribution is 0.112. The van der Waals surface area contributed by atoms with Gasteiger partial charge in [-0.05, 0) is 29.9 Å². The number of hydrogen-bond acceptors (Lipinski definition) is 1. The summed E-state index contributed by atoms with van der Waals surface area (Å²) >= 11 is 0. The molecule has 0 bridgehead atoms. The number of aliphatic hydroxyl groups excluding tert-OH is 1. The predicted molar refractivity (Wildman–Crippen MR) is 69.5 cm³/mol. The highest BCUT2D eigenvalue weighted by atomic mass is 16.3. The minimum absolute atomic E-state index is 0.310. The lowest BCUT2D eigenvalue weighted by atomic mass is 9.93. The van der Waals surface area contributed by atoms with E-state index >= 15 is 0 Å². The summed E-state index contributed by atoms with van der Waals surface area (Å²) in [6, 6.07) is 8.42. The summed E-state index contributed by atoms with van der Waals surface area (Å²) < 4.78 is 0. The van der Waals surface area contributed by atoms with Gasteiger partial charge in [0.25, 0.3) is 0 Å². The Labute approximate surface area is 99.5 Å². The van der Waals surface area contributed by atoms with Crippen molar-refractivity contribution in [1.29, 1.82) is 0 Å². The van der Waals surface area contributed by atoms with Crippen LogP contribution >= 0.6 is 0 Å². The molecule has 16 heavy (non-hydrogen) atoms. The van der Waals surface area contributed by atoms with Crippen LogP contribution in [-0.4, -0.2) is 5.11 Å². The van der Waals surface area contributed by atoms with E-state index in [1.807, 2.05) is 0 Å². The first-order valence-electron chi connectivity index (χ1n) is 6.45. The number of aryl methyl sites for hydroxylation is 1. The standard InChI is InChI=1S/C15H24O/c1-4-6-12(3)15(16)14-10-8-13(7-5-2)9-11-14/h8-12,15-16H,4-7H2,1-3H3. The molecule has 0 aliphatic rings. The molecule has 0 saturated heterocycles. The molecule has 0 saturated carbocycles. The monoisotopic (exact) mass is 220 g/mol. The van der Waals surface area contributed by atoms with E-state index in [9.17, 15) is 5.11 Å². The van der Waals surface area contributed by atoms with Crippen LogP contribution in [-0.2, 0) is 6.42 Å². The van der Waals surface area contributed by atoms with Crippen LogP contribution in [0.3, 0.4) is 0 Å². The molecule has 1 rings (SSSR count). The molecule has 90 valence electrons. The van der Waals surface area contributed by atoms with E-state index < -0.39 is 0 Å². The summed E-state index contributed by atoms with van der Waals surface area (Å²) in [7, 11) is 0. The minimum Gasteiger partial charge on any atom is -0.388 e. The second-order valence-electron chi connectivity index (χ2n) is 4.70. The fourth-order valence-corrected chi connectivity index (χ4v) is 2.11. The Kier molecular flexibility index (Phi) is 5.54. The second-order valence-corrected chi connectivity index (χ2v) is 4.70. The highest BCUT2D eigenvalue weighted by Gasteiger charge is 2.14. The average Bonchev–Trinajstić information content (AvgIpc) is 2.30. The van der Waals surface area contributed by atoms with Gasteiger partial charge in [0, 0.05) is 0 Å². The van der Waals surface area contributed by atoms with Gasteiger partial charge in [-0.25, -0.2) is 0 Å². The summed E-state index contributed by atoms with van der Waals surface area (Å²) in [5.74, 6) is 0.349. The zero-order valence-electron chi connectivity index (χ0n) is 10.7. The summed E-state index contributed by atoms with van der Waals surface area (Å²) in [4.78, 5) is 0. The quantitative estimate of drug-likeness (QED) is 0.765. The zero-order valence-corrected chi connectivity index (χ0v) is 10.7. The third kappa shape index (κ3) is 3.64. The zero-order chi connectivity index (χ0) is 12.0. The van der Waals surface area contributed by atoms with Crippen LogP contribution in [0.25, 0.3) is 0 Å². The normalized spacial score (nSPS) is 14.8. The number of hydrogen-bond donors (Lipinski definition) is 1. The molecule has 0 aromatic heterocycles. The van der Waals surface area contributed by atoms with Crippen LogP contribution in [0.5, 0.6) is 0 Å². The van der Waals surface area contributed by atoms with Crippen molar-refractivity contribution in [2.75, 3.05) is 0 Å². The van der Waals surface area contributed by atoms with Crippen molar-refractivity contribution < 1.29 is 5.11 Å². The summed E-state index contributed by atoms with van der Waals surface area (Å²) in [6.07, 6.45) is 4.20. The van der Waals surface area contributed by atoms with Crippen molar-refractivity contribution in [3.05, 3.63) is 35.4 Å². The number of aliphatic hydroxyl groups is 1. The molecule has 0 heterocycles. The van der Waals surface area contributed by atoms with Gasteiger partial charge in [0.1, 0.15) is 0 Å². The SMILES string of the molecule is CCCc1ccc(C(O)C(C)CCC)cc1. The maximum atomic E-state index is 10.1. The van der Waals surface area contributed by atoms with E-state index in [2.05, 4.69) is 45.0 Å². The second kappa shape index (κ2) is 6.70. The molecule has 0 fully saturated rings. The largest absolute Gasteiger partial charge is 0.388 e. The molecular weight excluding hydrogens is 196 g/mol. The maximum Gasteiger partial charge on any atom is 0.0815 e. The fraction of sp³-hybridized carbons (Fsp3) is 0.600. The van der Waals surface area contributed by atoms with Crippen LogP contribution in [0.15, 0.2) is 24.3 Å². The van der Waals surface area contributed by atoms with Crippen LogP contribution in [0.1, 0.15) is 57.3 Å². The molecule has 2 atom stereocenters. The van der Waals surface area contributed by atoms with Gasteiger partial charge in [0.05, 0.1) is 6.10 Å². The molecule has 2 unspecified atom stereocenters. The Balaban J connectivity index is 2.65. The van der Waals surface area contributed by atoms with Gasteiger partial charge in [-0.3, -0.25) is 0 Å².